The van der Waals surface area contributed by atoms with E-state index in [4.69, 9.17) is 23.2 Å². The van der Waals surface area contributed by atoms with Gasteiger partial charge in [0.2, 0.25) is 0 Å². The molecule has 1 N–H and O–H groups in total. The molecule has 0 saturated carbocycles. The summed E-state index contributed by atoms with van der Waals surface area (Å²) in [7, 11) is 1.86. The second-order valence-corrected chi connectivity index (χ2v) is 4.25. The lowest BCUT2D eigenvalue weighted by molar-refractivity contribution is 0.756. The number of anilines is 2. The van der Waals surface area contributed by atoms with Gasteiger partial charge in [0.15, 0.2) is 0 Å². The van der Waals surface area contributed by atoms with Gasteiger partial charge in [0.05, 0.1) is 21.4 Å². The third kappa shape index (κ3) is 2.28. The van der Waals surface area contributed by atoms with Crippen molar-refractivity contribution in [2.45, 2.75) is 6.92 Å². The van der Waals surface area contributed by atoms with Gasteiger partial charge in [-0.15, -0.1) is 0 Å². The summed E-state index contributed by atoms with van der Waals surface area (Å²) < 4.78 is 1.72. The van der Waals surface area contributed by atoms with Crippen LogP contribution < -0.4 is 5.32 Å². The lowest BCUT2D eigenvalue weighted by atomic mass is 10.4. The number of rotatable bonds is 2. The third-order valence-electron chi connectivity index (χ3n) is 2.07. The molecule has 2 rings (SSSR count). The molecule has 4 nitrogen and oxygen atoms in total. The van der Waals surface area contributed by atoms with Gasteiger partial charge in [0.1, 0.15) is 5.82 Å². The van der Waals surface area contributed by atoms with Crippen LogP contribution in [0.2, 0.25) is 10.0 Å². The molecular weight excluding hydrogens is 247 g/mol. The van der Waals surface area contributed by atoms with Crippen LogP contribution >= 0.6 is 23.2 Å². The Kier molecular flexibility index (Phi) is 3.03. The summed E-state index contributed by atoms with van der Waals surface area (Å²) in [6.07, 6.45) is 3.41. The van der Waals surface area contributed by atoms with Crippen LogP contribution in [0.1, 0.15) is 5.69 Å². The molecule has 2 aromatic rings. The van der Waals surface area contributed by atoms with Gasteiger partial charge < -0.3 is 5.32 Å². The first-order chi connectivity index (χ1) is 7.56. The molecule has 0 amide bonds. The summed E-state index contributed by atoms with van der Waals surface area (Å²) >= 11 is 11.8. The summed E-state index contributed by atoms with van der Waals surface area (Å²) in [4.78, 5) is 4.11. The maximum Gasteiger partial charge on any atom is 0.149 e. The highest BCUT2D eigenvalue weighted by molar-refractivity contribution is 6.36. The molecule has 0 aromatic carbocycles. The van der Waals surface area contributed by atoms with Crippen LogP contribution in [0.15, 0.2) is 18.5 Å². The Morgan fingerprint density at radius 3 is 2.69 bits per heavy atom. The van der Waals surface area contributed by atoms with Crippen molar-refractivity contribution in [1.82, 2.24) is 14.8 Å². The number of nitrogens with zero attached hydrogens (tertiary/aromatic N) is 3. The minimum absolute atomic E-state index is 0.482. The van der Waals surface area contributed by atoms with Crippen LogP contribution in [-0.2, 0) is 7.05 Å². The van der Waals surface area contributed by atoms with E-state index in [1.54, 1.807) is 16.9 Å². The average Bonchev–Trinajstić information content (AvgIpc) is 2.50. The molecule has 0 bridgehead atoms. The average molecular weight is 257 g/mol. The monoisotopic (exact) mass is 256 g/mol. The molecule has 0 aliphatic heterocycles. The molecule has 6 heteroatoms. The minimum atomic E-state index is 0.482. The topological polar surface area (TPSA) is 42.7 Å². The van der Waals surface area contributed by atoms with Crippen molar-refractivity contribution in [3.63, 3.8) is 0 Å². The van der Waals surface area contributed by atoms with Gasteiger partial charge in [-0.2, -0.15) is 5.10 Å². The van der Waals surface area contributed by atoms with E-state index in [9.17, 15) is 0 Å². The highest BCUT2D eigenvalue weighted by Gasteiger charge is 2.07. The van der Waals surface area contributed by atoms with E-state index >= 15 is 0 Å². The number of aryl methyl sites for hydroxylation is 2. The maximum atomic E-state index is 6.00. The lowest BCUT2D eigenvalue weighted by Gasteiger charge is -2.05. The fraction of sp³-hybridized carbons (Fsp3) is 0.200. The lowest BCUT2D eigenvalue weighted by Crippen LogP contribution is -1.94. The molecule has 2 heterocycles. The number of pyridine rings is 1. The standard InChI is InChI=1S/C10H10Cl2N4/c1-6-9(5-16(2)15-6)14-10-8(12)3-7(11)4-13-10/h3-5H,1-2H3,(H,13,14). The molecule has 0 radical (unpaired) electrons. The van der Waals surface area contributed by atoms with Gasteiger partial charge in [-0.3, -0.25) is 4.68 Å². The summed E-state index contributed by atoms with van der Waals surface area (Å²) in [6.45, 7) is 1.91. The van der Waals surface area contributed by atoms with Crippen molar-refractivity contribution in [3.05, 3.63) is 34.2 Å². The van der Waals surface area contributed by atoms with E-state index in [0.29, 0.717) is 15.9 Å². The molecule has 0 unspecified atom stereocenters. The van der Waals surface area contributed by atoms with E-state index in [2.05, 4.69) is 15.4 Å². The summed E-state index contributed by atoms with van der Waals surface area (Å²) in [6, 6.07) is 1.64. The van der Waals surface area contributed by atoms with E-state index in [-0.39, 0.29) is 0 Å². The molecule has 0 saturated heterocycles. The zero-order chi connectivity index (χ0) is 11.7. The fourth-order valence-electron chi connectivity index (χ4n) is 1.36. The highest BCUT2D eigenvalue weighted by Crippen LogP contribution is 2.26. The second kappa shape index (κ2) is 4.31. The molecule has 0 fully saturated rings. The van der Waals surface area contributed by atoms with Crippen molar-refractivity contribution < 1.29 is 0 Å². The second-order valence-electron chi connectivity index (χ2n) is 3.41. The molecule has 0 aliphatic rings. The Morgan fingerprint density at radius 2 is 2.12 bits per heavy atom. The summed E-state index contributed by atoms with van der Waals surface area (Å²) in [5.41, 5.74) is 1.76. The molecule has 0 aliphatic carbocycles. The number of aromatic nitrogens is 3. The molecule has 2 aromatic heterocycles. The third-order valence-corrected chi connectivity index (χ3v) is 2.57. The zero-order valence-electron chi connectivity index (χ0n) is 8.83. The van der Waals surface area contributed by atoms with Gasteiger partial charge in [-0.25, -0.2) is 4.98 Å². The zero-order valence-corrected chi connectivity index (χ0v) is 10.3. The number of hydrogen-bond donors (Lipinski definition) is 1. The molecule has 84 valence electrons. The molecule has 0 spiro atoms. The molecular formula is C10H10Cl2N4. The normalized spacial score (nSPS) is 10.5. The Hall–Kier alpha value is -1.26. The largest absolute Gasteiger partial charge is 0.336 e. The van der Waals surface area contributed by atoms with Crippen LogP contribution in [0.25, 0.3) is 0 Å². The van der Waals surface area contributed by atoms with Crippen LogP contribution in [0, 0.1) is 6.92 Å². The van der Waals surface area contributed by atoms with Crippen molar-refractivity contribution in [3.8, 4) is 0 Å². The summed E-state index contributed by atoms with van der Waals surface area (Å²) in [5.74, 6) is 0.571. The quantitative estimate of drug-likeness (QED) is 0.898. The van der Waals surface area contributed by atoms with Crippen LogP contribution in [0.5, 0.6) is 0 Å². The first kappa shape index (κ1) is 11.2. The van der Waals surface area contributed by atoms with Crippen molar-refractivity contribution in [1.29, 1.82) is 0 Å². The fourth-order valence-corrected chi connectivity index (χ4v) is 1.78. The SMILES string of the molecule is Cc1nn(C)cc1Nc1ncc(Cl)cc1Cl. The van der Waals surface area contributed by atoms with Crippen molar-refractivity contribution in [2.75, 3.05) is 5.32 Å². The predicted molar refractivity (Wildman–Crippen MR) is 65.5 cm³/mol. The van der Waals surface area contributed by atoms with Gasteiger partial charge in [-0.1, -0.05) is 23.2 Å². The van der Waals surface area contributed by atoms with Crippen LogP contribution in [-0.4, -0.2) is 14.8 Å². The van der Waals surface area contributed by atoms with E-state index < -0.39 is 0 Å². The van der Waals surface area contributed by atoms with Gasteiger partial charge in [-0.05, 0) is 13.0 Å². The first-order valence-electron chi connectivity index (χ1n) is 4.64. The molecule has 16 heavy (non-hydrogen) atoms. The van der Waals surface area contributed by atoms with E-state index in [1.165, 1.54) is 0 Å². The van der Waals surface area contributed by atoms with Crippen molar-refractivity contribution >= 4 is 34.7 Å². The Morgan fingerprint density at radius 1 is 1.38 bits per heavy atom. The Labute approximate surface area is 103 Å². The Balaban J connectivity index is 2.30. The van der Waals surface area contributed by atoms with E-state index in [1.807, 2.05) is 20.2 Å². The minimum Gasteiger partial charge on any atom is -0.336 e. The van der Waals surface area contributed by atoms with Crippen LogP contribution in [0.3, 0.4) is 0 Å². The summed E-state index contributed by atoms with van der Waals surface area (Å²) in [5, 5.41) is 8.31. The number of hydrogen-bond acceptors (Lipinski definition) is 3. The van der Waals surface area contributed by atoms with Crippen molar-refractivity contribution in [2.24, 2.45) is 7.05 Å². The van der Waals surface area contributed by atoms with Gasteiger partial charge >= 0.3 is 0 Å². The maximum absolute atomic E-state index is 6.00. The van der Waals surface area contributed by atoms with Gasteiger partial charge in [0.25, 0.3) is 0 Å². The van der Waals surface area contributed by atoms with Gasteiger partial charge in [0, 0.05) is 19.4 Å². The smallest absolute Gasteiger partial charge is 0.149 e. The molecule has 0 atom stereocenters. The Bertz CT molecular complexity index is 522. The predicted octanol–water partition coefficient (Wildman–Crippen LogP) is 3.17. The highest BCUT2D eigenvalue weighted by atomic mass is 35.5. The first-order valence-corrected chi connectivity index (χ1v) is 5.40. The van der Waals surface area contributed by atoms with Crippen LogP contribution in [0.4, 0.5) is 11.5 Å². The van der Waals surface area contributed by atoms with E-state index in [0.717, 1.165) is 11.4 Å². The number of nitrogens with one attached hydrogen (secondary N) is 1. The number of halogens is 2.